The van der Waals surface area contributed by atoms with Crippen LogP contribution in [0.3, 0.4) is 0 Å². The van der Waals surface area contributed by atoms with Crippen molar-refractivity contribution in [3.05, 3.63) is 25.3 Å². The molecule has 0 saturated heterocycles. The van der Waals surface area contributed by atoms with E-state index in [1.54, 1.807) is 0 Å². The van der Waals surface area contributed by atoms with Crippen molar-refractivity contribution in [2.24, 2.45) is 0 Å². The van der Waals surface area contributed by atoms with Gasteiger partial charge in [-0.3, -0.25) is 4.48 Å². The van der Waals surface area contributed by atoms with Gasteiger partial charge in [-0.25, -0.2) is 0 Å². The first-order chi connectivity index (χ1) is 8.06. The summed E-state index contributed by atoms with van der Waals surface area (Å²) in [5, 5.41) is 16.4. The minimum absolute atomic E-state index is 0.355. The molecule has 17 heavy (non-hydrogen) atoms. The molecule has 0 aliphatic heterocycles. The number of aliphatic hydroxyl groups excluding tert-OH is 1. The number of likely N-dealkylation sites (N-methyl/N-ethyl adjacent to an activating group) is 1. The molecule has 100 valence electrons. The molecule has 1 atom stereocenters. The molecule has 1 unspecified atom stereocenters. The lowest BCUT2D eigenvalue weighted by Crippen LogP contribution is -2.56. The number of nitrogens with one attached hydrogen (secondary N) is 2. The van der Waals surface area contributed by atoms with Crippen LogP contribution >= 0.6 is 0 Å². The van der Waals surface area contributed by atoms with E-state index in [4.69, 9.17) is 0 Å². The molecule has 0 heterocycles. The second kappa shape index (κ2) is 9.36. The third-order valence-electron chi connectivity index (χ3n) is 3.08. The molecule has 0 aromatic carbocycles. The third kappa shape index (κ3) is 7.28. The van der Waals surface area contributed by atoms with Gasteiger partial charge in [-0.1, -0.05) is 12.2 Å². The minimum Gasteiger partial charge on any atom is -0.345 e. The molecule has 3 N–H and O–H groups in total. The van der Waals surface area contributed by atoms with E-state index in [-0.39, 0.29) is 6.23 Å². The van der Waals surface area contributed by atoms with E-state index >= 15 is 0 Å². The van der Waals surface area contributed by atoms with E-state index in [1.807, 2.05) is 19.1 Å². The SMILES string of the molecule is C=CCNCC[N+](C)(CCNCC=C)C(C)O. The highest BCUT2D eigenvalue weighted by Gasteiger charge is 2.26. The molecule has 0 aromatic rings. The van der Waals surface area contributed by atoms with Gasteiger partial charge in [0.05, 0.1) is 20.1 Å². The van der Waals surface area contributed by atoms with Gasteiger partial charge in [0.25, 0.3) is 0 Å². The summed E-state index contributed by atoms with van der Waals surface area (Å²) in [7, 11) is 2.08. The Hall–Kier alpha value is -0.680. The van der Waals surface area contributed by atoms with Crippen molar-refractivity contribution in [1.82, 2.24) is 10.6 Å². The van der Waals surface area contributed by atoms with Gasteiger partial charge in [0.1, 0.15) is 0 Å². The fourth-order valence-corrected chi connectivity index (χ4v) is 1.56. The molecule has 0 amide bonds. The Kier molecular flexibility index (Phi) is 8.99. The van der Waals surface area contributed by atoms with Crippen molar-refractivity contribution < 1.29 is 9.59 Å². The third-order valence-corrected chi connectivity index (χ3v) is 3.08. The lowest BCUT2D eigenvalue weighted by Gasteiger charge is -2.37. The summed E-state index contributed by atoms with van der Waals surface area (Å²) in [6.45, 7) is 14.4. The summed E-state index contributed by atoms with van der Waals surface area (Å²) in [5.74, 6) is 0. The van der Waals surface area contributed by atoms with E-state index < -0.39 is 0 Å². The van der Waals surface area contributed by atoms with Gasteiger partial charge in [-0.2, -0.15) is 0 Å². The van der Waals surface area contributed by atoms with Crippen LogP contribution in [-0.2, 0) is 0 Å². The zero-order chi connectivity index (χ0) is 13.1. The number of quaternary nitrogens is 1. The summed E-state index contributed by atoms with van der Waals surface area (Å²) in [6.07, 6.45) is 3.34. The number of hydrogen-bond donors (Lipinski definition) is 3. The predicted molar refractivity (Wildman–Crippen MR) is 73.7 cm³/mol. The van der Waals surface area contributed by atoms with Crippen molar-refractivity contribution >= 4 is 0 Å². The van der Waals surface area contributed by atoms with E-state index in [9.17, 15) is 5.11 Å². The van der Waals surface area contributed by atoms with Gasteiger partial charge in [0.15, 0.2) is 6.23 Å². The number of hydrogen-bond acceptors (Lipinski definition) is 3. The summed E-state index contributed by atoms with van der Waals surface area (Å²) in [6, 6.07) is 0. The van der Waals surface area contributed by atoms with Crippen molar-refractivity contribution in [2.45, 2.75) is 13.2 Å². The Morgan fingerprint density at radius 1 is 1.12 bits per heavy atom. The molecule has 0 saturated carbocycles. The Balaban J connectivity index is 3.97. The first-order valence-electron chi connectivity index (χ1n) is 6.22. The second-order valence-electron chi connectivity index (χ2n) is 4.54. The van der Waals surface area contributed by atoms with Gasteiger partial charge in [-0.15, -0.1) is 13.2 Å². The first-order valence-corrected chi connectivity index (χ1v) is 6.22. The Labute approximate surface area is 106 Å². The lowest BCUT2D eigenvalue weighted by molar-refractivity contribution is -0.950. The fraction of sp³-hybridized carbons (Fsp3) is 0.692. The molecular formula is C13H28N3O+. The number of aliphatic hydroxyl groups is 1. The topological polar surface area (TPSA) is 44.3 Å². The van der Waals surface area contributed by atoms with Crippen LogP contribution < -0.4 is 10.6 Å². The van der Waals surface area contributed by atoms with Gasteiger partial charge >= 0.3 is 0 Å². The predicted octanol–water partition coefficient (Wildman–Crippen LogP) is 0.323. The molecule has 0 spiro atoms. The van der Waals surface area contributed by atoms with Crippen LogP contribution in [0.15, 0.2) is 25.3 Å². The molecular weight excluding hydrogens is 214 g/mol. The van der Waals surface area contributed by atoms with Crippen LogP contribution in [0.4, 0.5) is 0 Å². The standard InChI is InChI=1S/C13H28N3O/c1-5-7-14-9-11-16(4,13(3)17)12-10-15-8-6-2/h5-6,13-15,17H,1-2,7-12H2,3-4H3/q+1. The van der Waals surface area contributed by atoms with E-state index in [0.717, 1.165) is 39.3 Å². The van der Waals surface area contributed by atoms with Crippen LogP contribution in [0.25, 0.3) is 0 Å². The lowest BCUT2D eigenvalue weighted by atomic mass is 10.3. The summed E-state index contributed by atoms with van der Waals surface area (Å²) >= 11 is 0. The molecule has 4 nitrogen and oxygen atoms in total. The maximum absolute atomic E-state index is 9.86. The maximum Gasteiger partial charge on any atom is 0.187 e. The van der Waals surface area contributed by atoms with E-state index in [0.29, 0.717) is 4.48 Å². The quantitative estimate of drug-likeness (QED) is 0.212. The molecule has 0 fully saturated rings. The van der Waals surface area contributed by atoms with Crippen LogP contribution in [0, 0.1) is 0 Å². The number of nitrogens with zero attached hydrogens (tertiary/aromatic N) is 1. The summed E-state index contributed by atoms with van der Waals surface area (Å²) in [5.41, 5.74) is 0. The van der Waals surface area contributed by atoms with Gasteiger partial charge in [0, 0.05) is 33.1 Å². The van der Waals surface area contributed by atoms with E-state index in [2.05, 4.69) is 30.8 Å². The average Bonchev–Trinajstić information content (AvgIpc) is 2.30. The van der Waals surface area contributed by atoms with Crippen LogP contribution in [0.2, 0.25) is 0 Å². The monoisotopic (exact) mass is 242 g/mol. The van der Waals surface area contributed by atoms with Gasteiger partial charge in [-0.05, 0) is 0 Å². The molecule has 0 bridgehead atoms. The molecule has 4 heteroatoms. The zero-order valence-electron chi connectivity index (χ0n) is 11.3. The van der Waals surface area contributed by atoms with Crippen molar-refractivity contribution in [3.8, 4) is 0 Å². The van der Waals surface area contributed by atoms with Gasteiger partial charge < -0.3 is 15.7 Å². The molecule has 0 aromatic heterocycles. The molecule has 0 aliphatic rings. The van der Waals surface area contributed by atoms with Crippen molar-refractivity contribution in [2.75, 3.05) is 46.3 Å². The van der Waals surface area contributed by atoms with Gasteiger partial charge in [0.2, 0.25) is 0 Å². The highest BCUT2D eigenvalue weighted by molar-refractivity contribution is 4.70. The summed E-state index contributed by atoms with van der Waals surface area (Å²) in [4.78, 5) is 0. The summed E-state index contributed by atoms with van der Waals surface area (Å²) < 4.78 is 0.647. The largest absolute Gasteiger partial charge is 0.345 e. The highest BCUT2D eigenvalue weighted by atomic mass is 16.3. The maximum atomic E-state index is 9.86. The Morgan fingerprint density at radius 2 is 1.53 bits per heavy atom. The Bertz CT molecular complexity index is 201. The smallest absolute Gasteiger partial charge is 0.187 e. The molecule has 0 aliphatic carbocycles. The van der Waals surface area contributed by atoms with Crippen LogP contribution in [0.1, 0.15) is 6.92 Å². The van der Waals surface area contributed by atoms with Crippen LogP contribution in [0.5, 0.6) is 0 Å². The minimum atomic E-state index is -0.355. The molecule has 0 rings (SSSR count). The number of rotatable bonds is 11. The fourth-order valence-electron chi connectivity index (χ4n) is 1.56. The normalized spacial score (nSPS) is 13.4. The van der Waals surface area contributed by atoms with Crippen LogP contribution in [-0.4, -0.2) is 62.1 Å². The Morgan fingerprint density at radius 3 is 1.82 bits per heavy atom. The van der Waals surface area contributed by atoms with Crippen molar-refractivity contribution in [3.63, 3.8) is 0 Å². The molecule has 0 radical (unpaired) electrons. The van der Waals surface area contributed by atoms with Crippen molar-refractivity contribution in [1.29, 1.82) is 0 Å². The zero-order valence-corrected chi connectivity index (χ0v) is 11.3. The van der Waals surface area contributed by atoms with E-state index in [1.165, 1.54) is 0 Å². The highest BCUT2D eigenvalue weighted by Crippen LogP contribution is 2.06. The second-order valence-corrected chi connectivity index (χ2v) is 4.54. The first kappa shape index (κ1) is 16.3. The average molecular weight is 242 g/mol.